The Bertz CT molecular complexity index is 803. The van der Waals surface area contributed by atoms with Gasteiger partial charge in [0, 0.05) is 27.9 Å². The molecule has 0 atom stereocenters. The normalized spacial score (nSPS) is 14.3. The number of ether oxygens (including phenoxy) is 1. The second kappa shape index (κ2) is 10.1. The van der Waals surface area contributed by atoms with Gasteiger partial charge in [0.2, 0.25) is 5.91 Å². The lowest BCUT2D eigenvalue weighted by atomic mass is 9.90. The number of hydrogen-bond acceptors (Lipinski definition) is 4. The molecule has 3 N–H and O–H groups in total. The average Bonchev–Trinajstić information content (AvgIpc) is 2.66. The van der Waals surface area contributed by atoms with Gasteiger partial charge in [0.05, 0.1) is 5.88 Å². The molecule has 0 aliphatic heterocycles. The van der Waals surface area contributed by atoms with Crippen LogP contribution < -0.4 is 11.1 Å². The van der Waals surface area contributed by atoms with Crippen molar-refractivity contribution in [2.45, 2.75) is 25.7 Å². The van der Waals surface area contributed by atoms with Gasteiger partial charge in [0.1, 0.15) is 6.61 Å². The third kappa shape index (κ3) is 6.12. The zero-order valence-corrected chi connectivity index (χ0v) is 16.1. The molecule has 0 unspecified atom stereocenters. The molecule has 2 amide bonds. The summed E-state index contributed by atoms with van der Waals surface area (Å²) in [5.74, 6) is -1.25. The molecule has 0 aromatic heterocycles. The highest BCUT2D eigenvalue weighted by atomic mass is 35.5. The molecule has 0 saturated carbocycles. The SMILES string of the molecule is NC(=O)C1=C(C(=O)Nc2ccc(Cl)c(C=CC(=O)OCCCl)c2)CCCC1. The van der Waals surface area contributed by atoms with E-state index in [1.807, 2.05) is 0 Å². The molecule has 2 rings (SSSR count). The lowest BCUT2D eigenvalue weighted by molar-refractivity contribution is -0.137. The number of alkyl halides is 1. The molecule has 0 spiro atoms. The molecule has 27 heavy (non-hydrogen) atoms. The fourth-order valence-electron chi connectivity index (χ4n) is 2.73. The number of rotatable bonds is 7. The third-order valence-corrected chi connectivity index (χ3v) is 4.51. The monoisotopic (exact) mass is 410 g/mol. The summed E-state index contributed by atoms with van der Waals surface area (Å²) >= 11 is 11.6. The van der Waals surface area contributed by atoms with Gasteiger partial charge >= 0.3 is 5.97 Å². The highest BCUT2D eigenvalue weighted by molar-refractivity contribution is 6.32. The first-order valence-electron chi connectivity index (χ1n) is 8.46. The van der Waals surface area contributed by atoms with Crippen molar-refractivity contribution < 1.29 is 19.1 Å². The average molecular weight is 411 g/mol. The third-order valence-electron chi connectivity index (χ3n) is 4.01. The summed E-state index contributed by atoms with van der Waals surface area (Å²) in [6.45, 7) is 0.117. The van der Waals surface area contributed by atoms with E-state index < -0.39 is 11.9 Å². The number of carbonyl (C=O) groups excluding carboxylic acids is 3. The molecule has 0 saturated heterocycles. The molecule has 1 aliphatic rings. The van der Waals surface area contributed by atoms with Gasteiger partial charge in [0.25, 0.3) is 5.91 Å². The Hall–Kier alpha value is -2.31. The lowest BCUT2D eigenvalue weighted by Crippen LogP contribution is -2.24. The van der Waals surface area contributed by atoms with Gasteiger partial charge < -0.3 is 15.8 Å². The summed E-state index contributed by atoms with van der Waals surface area (Å²) in [5, 5.41) is 3.16. The van der Waals surface area contributed by atoms with Crippen LogP contribution in [0.1, 0.15) is 31.2 Å². The Labute approximate surface area is 167 Å². The summed E-state index contributed by atoms with van der Waals surface area (Å²) in [7, 11) is 0. The predicted octanol–water partition coefficient (Wildman–Crippen LogP) is 3.43. The van der Waals surface area contributed by atoms with E-state index in [4.69, 9.17) is 33.7 Å². The van der Waals surface area contributed by atoms with Crippen LogP contribution in [0.15, 0.2) is 35.4 Å². The van der Waals surface area contributed by atoms with Crippen LogP contribution in [0.2, 0.25) is 5.02 Å². The number of halogens is 2. The van der Waals surface area contributed by atoms with Crippen LogP contribution in [0.3, 0.4) is 0 Å². The maximum atomic E-state index is 12.5. The predicted molar refractivity (Wildman–Crippen MR) is 105 cm³/mol. The number of primary amides is 1. The van der Waals surface area contributed by atoms with Gasteiger partial charge in [-0.25, -0.2) is 4.79 Å². The van der Waals surface area contributed by atoms with E-state index >= 15 is 0 Å². The lowest BCUT2D eigenvalue weighted by Gasteiger charge is -2.18. The van der Waals surface area contributed by atoms with Gasteiger partial charge in [-0.2, -0.15) is 0 Å². The molecule has 0 fully saturated rings. The Kier molecular flexibility index (Phi) is 7.88. The minimum atomic E-state index is -0.560. The summed E-state index contributed by atoms with van der Waals surface area (Å²) < 4.78 is 4.84. The van der Waals surface area contributed by atoms with E-state index in [0.717, 1.165) is 12.8 Å². The number of carbonyl (C=O) groups is 3. The number of anilines is 1. The van der Waals surface area contributed by atoms with E-state index in [-0.39, 0.29) is 18.4 Å². The fourth-order valence-corrected chi connectivity index (χ4v) is 2.99. The smallest absolute Gasteiger partial charge is 0.330 e. The van der Waals surface area contributed by atoms with Crippen LogP contribution in [-0.2, 0) is 19.1 Å². The molecule has 0 heterocycles. The Morgan fingerprint density at radius 1 is 1.19 bits per heavy atom. The van der Waals surface area contributed by atoms with Crippen molar-refractivity contribution in [2.75, 3.05) is 17.8 Å². The van der Waals surface area contributed by atoms with Crippen molar-refractivity contribution in [1.29, 1.82) is 0 Å². The summed E-state index contributed by atoms with van der Waals surface area (Å²) in [4.78, 5) is 35.6. The minimum Gasteiger partial charge on any atom is -0.461 e. The van der Waals surface area contributed by atoms with Crippen molar-refractivity contribution >= 4 is 52.7 Å². The van der Waals surface area contributed by atoms with Crippen molar-refractivity contribution in [3.63, 3.8) is 0 Å². The standard InChI is InChI=1S/C19H20Cl2N2O4/c20-9-10-27-17(24)8-5-12-11-13(6-7-16(12)21)23-19(26)15-4-2-1-3-14(15)18(22)25/h5-8,11H,1-4,9-10H2,(H2,22,25)(H,23,26). The van der Waals surface area contributed by atoms with Crippen molar-refractivity contribution in [1.82, 2.24) is 0 Å². The van der Waals surface area contributed by atoms with Crippen LogP contribution in [0.5, 0.6) is 0 Å². The van der Waals surface area contributed by atoms with Crippen molar-refractivity contribution in [2.24, 2.45) is 5.73 Å². The zero-order chi connectivity index (χ0) is 19.8. The van der Waals surface area contributed by atoms with Gasteiger partial charge in [-0.1, -0.05) is 11.6 Å². The second-order valence-corrected chi connectivity index (χ2v) is 6.69. The largest absolute Gasteiger partial charge is 0.461 e. The van der Waals surface area contributed by atoms with Gasteiger partial charge in [-0.15, -0.1) is 11.6 Å². The maximum absolute atomic E-state index is 12.5. The first-order valence-corrected chi connectivity index (χ1v) is 9.37. The van der Waals surface area contributed by atoms with Crippen LogP contribution >= 0.6 is 23.2 Å². The second-order valence-electron chi connectivity index (χ2n) is 5.91. The Morgan fingerprint density at radius 2 is 1.89 bits per heavy atom. The Balaban J connectivity index is 2.15. The Morgan fingerprint density at radius 3 is 2.56 bits per heavy atom. The van der Waals surface area contributed by atoms with Gasteiger partial charge in [-0.05, 0) is 55.5 Å². The van der Waals surface area contributed by atoms with Crippen LogP contribution in [0.4, 0.5) is 5.69 Å². The topological polar surface area (TPSA) is 98.5 Å². The first kappa shape index (κ1) is 21.0. The minimum absolute atomic E-state index is 0.117. The molecular weight excluding hydrogens is 391 g/mol. The van der Waals surface area contributed by atoms with Gasteiger partial charge in [0.15, 0.2) is 0 Å². The zero-order valence-electron chi connectivity index (χ0n) is 14.6. The highest BCUT2D eigenvalue weighted by Crippen LogP contribution is 2.27. The van der Waals surface area contributed by atoms with Gasteiger partial charge in [-0.3, -0.25) is 9.59 Å². The number of nitrogens with two attached hydrogens (primary N) is 1. The number of esters is 1. The molecule has 1 aliphatic carbocycles. The molecule has 8 heteroatoms. The molecule has 144 valence electrons. The van der Waals surface area contributed by atoms with E-state index in [1.54, 1.807) is 18.2 Å². The molecule has 1 aromatic rings. The maximum Gasteiger partial charge on any atom is 0.330 e. The van der Waals surface area contributed by atoms with Crippen LogP contribution in [0.25, 0.3) is 6.08 Å². The summed E-state index contributed by atoms with van der Waals surface area (Å²) in [6.07, 6.45) is 5.41. The van der Waals surface area contributed by atoms with Crippen LogP contribution in [-0.4, -0.2) is 30.3 Å². The highest BCUT2D eigenvalue weighted by Gasteiger charge is 2.22. The van der Waals surface area contributed by atoms with E-state index in [2.05, 4.69) is 5.32 Å². The molecule has 6 nitrogen and oxygen atoms in total. The first-order chi connectivity index (χ1) is 12.9. The summed E-state index contributed by atoms with van der Waals surface area (Å²) in [6, 6.07) is 4.86. The van der Waals surface area contributed by atoms with E-state index in [9.17, 15) is 14.4 Å². The van der Waals surface area contributed by atoms with Crippen molar-refractivity contribution in [3.05, 3.63) is 46.0 Å². The fraction of sp³-hybridized carbons (Fsp3) is 0.316. The number of nitrogens with one attached hydrogen (secondary N) is 1. The quantitative estimate of drug-likeness (QED) is 0.408. The van der Waals surface area contributed by atoms with Crippen LogP contribution in [0, 0.1) is 0 Å². The molecule has 1 aromatic carbocycles. The van der Waals surface area contributed by atoms with E-state index in [1.165, 1.54) is 12.2 Å². The molecular formula is C19H20Cl2N2O4. The van der Waals surface area contributed by atoms with Crippen molar-refractivity contribution in [3.8, 4) is 0 Å². The number of amides is 2. The number of benzene rings is 1. The number of hydrogen-bond donors (Lipinski definition) is 2. The molecule has 0 radical (unpaired) electrons. The van der Waals surface area contributed by atoms with E-state index in [0.29, 0.717) is 40.3 Å². The molecule has 0 bridgehead atoms. The summed E-state index contributed by atoms with van der Waals surface area (Å²) in [5.41, 5.74) is 7.20.